The van der Waals surface area contributed by atoms with Gasteiger partial charge in [-0.3, -0.25) is 0 Å². The molecule has 0 amide bonds. The van der Waals surface area contributed by atoms with Gasteiger partial charge in [0.25, 0.3) is 0 Å². The quantitative estimate of drug-likeness (QED) is 0.829. The van der Waals surface area contributed by atoms with Crippen LogP contribution in [-0.4, -0.2) is 13.7 Å². The second kappa shape index (κ2) is 7.15. The lowest BCUT2D eigenvalue weighted by molar-refractivity contribution is 0.316. The van der Waals surface area contributed by atoms with E-state index in [0.717, 1.165) is 42.3 Å². The molecule has 0 aliphatic heterocycles. The number of furan rings is 1. The molecule has 20 heavy (non-hydrogen) atoms. The summed E-state index contributed by atoms with van der Waals surface area (Å²) in [7, 11) is 1.94. The molecule has 108 valence electrons. The third kappa shape index (κ3) is 3.42. The molecule has 3 nitrogen and oxygen atoms in total. The van der Waals surface area contributed by atoms with E-state index >= 15 is 0 Å². The lowest BCUT2D eigenvalue weighted by atomic mass is 10.0. The molecule has 1 aromatic carbocycles. The number of hydrogen-bond donors (Lipinski definition) is 1. The van der Waals surface area contributed by atoms with Crippen molar-refractivity contribution >= 4 is 0 Å². The van der Waals surface area contributed by atoms with Gasteiger partial charge in [-0.2, -0.15) is 0 Å². The molecule has 0 aliphatic carbocycles. The van der Waals surface area contributed by atoms with E-state index in [4.69, 9.17) is 9.15 Å². The number of rotatable bonds is 7. The summed E-state index contributed by atoms with van der Waals surface area (Å²) in [5, 5.41) is 3.31. The molecule has 2 aromatic rings. The topological polar surface area (TPSA) is 34.4 Å². The first-order chi connectivity index (χ1) is 9.78. The Balaban J connectivity index is 2.22. The van der Waals surface area contributed by atoms with Gasteiger partial charge in [-0.15, -0.1) is 0 Å². The molecular weight excluding hydrogens is 250 g/mol. The van der Waals surface area contributed by atoms with Crippen molar-refractivity contribution in [1.82, 2.24) is 5.32 Å². The van der Waals surface area contributed by atoms with E-state index in [1.54, 1.807) is 0 Å². The van der Waals surface area contributed by atoms with Crippen LogP contribution in [0.4, 0.5) is 0 Å². The Labute approximate surface area is 121 Å². The maximum Gasteiger partial charge on any atom is 0.125 e. The lowest BCUT2D eigenvalue weighted by Gasteiger charge is -2.15. The Kier molecular flexibility index (Phi) is 5.24. The Hall–Kier alpha value is -1.74. The molecule has 1 aromatic heterocycles. The second-order valence-corrected chi connectivity index (χ2v) is 4.80. The normalized spacial score (nSPS) is 12.3. The molecule has 1 unspecified atom stereocenters. The zero-order valence-corrected chi connectivity index (χ0v) is 12.5. The summed E-state index contributed by atoms with van der Waals surface area (Å²) in [6.45, 7) is 4.94. The monoisotopic (exact) mass is 273 g/mol. The summed E-state index contributed by atoms with van der Waals surface area (Å²) < 4.78 is 11.6. The molecular formula is C17H23NO2. The van der Waals surface area contributed by atoms with E-state index in [-0.39, 0.29) is 6.04 Å². The van der Waals surface area contributed by atoms with Crippen LogP contribution in [-0.2, 0) is 6.42 Å². The van der Waals surface area contributed by atoms with E-state index in [1.807, 2.05) is 31.3 Å². The van der Waals surface area contributed by atoms with Gasteiger partial charge in [0.1, 0.15) is 17.3 Å². The largest absolute Gasteiger partial charge is 0.494 e. The predicted molar refractivity (Wildman–Crippen MR) is 81.2 cm³/mol. The Bertz CT molecular complexity index is 533. The van der Waals surface area contributed by atoms with Crippen molar-refractivity contribution in [3.63, 3.8) is 0 Å². The van der Waals surface area contributed by atoms with E-state index in [1.165, 1.54) is 0 Å². The number of ether oxygens (including phenoxy) is 1. The molecule has 1 N–H and O–H groups in total. The van der Waals surface area contributed by atoms with Crippen molar-refractivity contribution in [2.75, 3.05) is 13.7 Å². The van der Waals surface area contributed by atoms with Crippen molar-refractivity contribution in [2.24, 2.45) is 0 Å². The maximum absolute atomic E-state index is 5.86. The minimum Gasteiger partial charge on any atom is -0.494 e. The fourth-order valence-electron chi connectivity index (χ4n) is 2.22. The fraction of sp³-hybridized carbons (Fsp3) is 0.412. The van der Waals surface area contributed by atoms with Gasteiger partial charge in [-0.25, -0.2) is 0 Å². The molecule has 3 heteroatoms. The van der Waals surface area contributed by atoms with Gasteiger partial charge >= 0.3 is 0 Å². The molecule has 0 fully saturated rings. The molecule has 0 saturated heterocycles. The number of nitrogens with one attached hydrogen (secondary N) is 1. The Morgan fingerprint density at radius 3 is 2.70 bits per heavy atom. The fourth-order valence-corrected chi connectivity index (χ4v) is 2.22. The van der Waals surface area contributed by atoms with E-state index < -0.39 is 0 Å². The third-order valence-corrected chi connectivity index (χ3v) is 3.27. The van der Waals surface area contributed by atoms with Gasteiger partial charge in [0.15, 0.2) is 0 Å². The van der Waals surface area contributed by atoms with Gasteiger partial charge in [0, 0.05) is 6.42 Å². The van der Waals surface area contributed by atoms with Gasteiger partial charge in [-0.1, -0.05) is 26.0 Å². The highest BCUT2D eigenvalue weighted by Crippen LogP contribution is 2.26. The summed E-state index contributed by atoms with van der Waals surface area (Å²) >= 11 is 0. The number of benzene rings is 1. The summed E-state index contributed by atoms with van der Waals surface area (Å²) in [6.07, 6.45) is 1.92. The first-order valence-electron chi connectivity index (χ1n) is 7.27. The van der Waals surface area contributed by atoms with Crippen molar-refractivity contribution < 1.29 is 9.15 Å². The van der Waals surface area contributed by atoms with Crippen LogP contribution in [0.25, 0.3) is 0 Å². The molecule has 0 radical (unpaired) electrons. The first-order valence-corrected chi connectivity index (χ1v) is 7.27. The molecule has 1 heterocycles. The van der Waals surface area contributed by atoms with E-state index in [9.17, 15) is 0 Å². The average Bonchev–Trinajstić information content (AvgIpc) is 2.95. The Morgan fingerprint density at radius 1 is 1.20 bits per heavy atom. The van der Waals surface area contributed by atoms with Gasteiger partial charge < -0.3 is 14.5 Å². The van der Waals surface area contributed by atoms with Crippen LogP contribution < -0.4 is 10.1 Å². The van der Waals surface area contributed by atoms with Crippen LogP contribution in [0.5, 0.6) is 5.75 Å². The molecule has 0 saturated carbocycles. The molecule has 0 aliphatic rings. The number of aryl methyl sites for hydroxylation is 1. The van der Waals surface area contributed by atoms with Crippen molar-refractivity contribution in [3.8, 4) is 5.75 Å². The zero-order valence-electron chi connectivity index (χ0n) is 12.5. The highest BCUT2D eigenvalue weighted by atomic mass is 16.5. The molecule has 0 bridgehead atoms. The lowest BCUT2D eigenvalue weighted by Crippen LogP contribution is -2.17. The standard InChI is InChI=1S/C17H23NO2/c1-4-11-19-15-8-6-7-13(12-15)17(18-3)16-10-9-14(5-2)20-16/h6-10,12,17-18H,4-5,11H2,1-3H3. The smallest absolute Gasteiger partial charge is 0.125 e. The molecule has 0 spiro atoms. The van der Waals surface area contributed by atoms with Gasteiger partial charge in [0.05, 0.1) is 12.6 Å². The second-order valence-electron chi connectivity index (χ2n) is 4.80. The van der Waals surface area contributed by atoms with Crippen molar-refractivity contribution in [2.45, 2.75) is 32.7 Å². The minimum atomic E-state index is 0.0560. The third-order valence-electron chi connectivity index (χ3n) is 3.27. The van der Waals surface area contributed by atoms with Gasteiger partial charge in [-0.05, 0) is 43.3 Å². The highest BCUT2D eigenvalue weighted by molar-refractivity contribution is 5.34. The average molecular weight is 273 g/mol. The predicted octanol–water partition coefficient (Wildman–Crippen LogP) is 3.94. The summed E-state index contributed by atoms with van der Waals surface area (Å²) in [5.41, 5.74) is 1.15. The van der Waals surface area contributed by atoms with Crippen LogP contribution >= 0.6 is 0 Å². The zero-order chi connectivity index (χ0) is 14.4. The minimum absolute atomic E-state index is 0.0560. The van der Waals surface area contributed by atoms with Gasteiger partial charge in [0.2, 0.25) is 0 Å². The van der Waals surface area contributed by atoms with Crippen LogP contribution in [0.1, 0.15) is 43.4 Å². The summed E-state index contributed by atoms with van der Waals surface area (Å²) in [5.74, 6) is 2.86. The summed E-state index contributed by atoms with van der Waals surface area (Å²) in [4.78, 5) is 0. The van der Waals surface area contributed by atoms with E-state index in [0.29, 0.717) is 0 Å². The van der Waals surface area contributed by atoms with Crippen molar-refractivity contribution in [3.05, 3.63) is 53.5 Å². The van der Waals surface area contributed by atoms with Crippen LogP contribution in [0, 0.1) is 0 Å². The summed E-state index contributed by atoms with van der Waals surface area (Å²) in [6, 6.07) is 12.3. The number of hydrogen-bond acceptors (Lipinski definition) is 3. The van der Waals surface area contributed by atoms with E-state index in [2.05, 4.69) is 31.3 Å². The van der Waals surface area contributed by atoms with Crippen LogP contribution in [0.15, 0.2) is 40.8 Å². The van der Waals surface area contributed by atoms with Crippen molar-refractivity contribution in [1.29, 1.82) is 0 Å². The molecule has 2 rings (SSSR count). The SMILES string of the molecule is CCCOc1cccc(C(NC)c2ccc(CC)o2)c1. The Morgan fingerprint density at radius 2 is 2.05 bits per heavy atom. The highest BCUT2D eigenvalue weighted by Gasteiger charge is 2.16. The first kappa shape index (κ1) is 14.7. The van der Waals surface area contributed by atoms with Crippen LogP contribution in [0.3, 0.4) is 0 Å². The maximum atomic E-state index is 5.86. The molecule has 1 atom stereocenters. The van der Waals surface area contributed by atoms with Crippen LogP contribution in [0.2, 0.25) is 0 Å².